The third-order valence-electron chi connectivity index (χ3n) is 5.34. The van der Waals surface area contributed by atoms with Crippen molar-refractivity contribution in [2.75, 3.05) is 5.32 Å². The minimum atomic E-state index is -4.75. The molecule has 38 heavy (non-hydrogen) atoms. The minimum absolute atomic E-state index is 0.0964. The number of nitrogens with one attached hydrogen (secondary N) is 1. The number of fused-ring (bicyclic) bond motifs is 1. The highest BCUT2D eigenvalue weighted by Crippen LogP contribution is 2.35. The normalized spacial score (nSPS) is 11.6. The first-order chi connectivity index (χ1) is 18.1. The van der Waals surface area contributed by atoms with Crippen LogP contribution in [0.5, 0.6) is 0 Å². The van der Waals surface area contributed by atoms with E-state index < -0.39 is 22.7 Å². The number of halogens is 3. The molecule has 0 atom stereocenters. The van der Waals surface area contributed by atoms with E-state index in [1.165, 1.54) is 35.2 Å². The molecule has 0 aliphatic heterocycles. The summed E-state index contributed by atoms with van der Waals surface area (Å²) in [6.45, 7) is 1.94. The van der Waals surface area contributed by atoms with Gasteiger partial charge in [0.2, 0.25) is 0 Å². The fraction of sp³-hybridized carbons (Fsp3) is 0.0800. The largest absolute Gasteiger partial charge is 0.433 e. The number of nitro groups is 1. The first kappa shape index (κ1) is 25.4. The van der Waals surface area contributed by atoms with E-state index in [-0.39, 0.29) is 28.4 Å². The Morgan fingerprint density at radius 3 is 2.50 bits per heavy atom. The van der Waals surface area contributed by atoms with Gasteiger partial charge in [-0.15, -0.1) is 11.3 Å². The molecule has 0 spiro atoms. The quantitative estimate of drug-likeness (QED) is 0.177. The number of benzene rings is 2. The zero-order valence-electron chi connectivity index (χ0n) is 19.4. The number of nitro benzene ring substituents is 1. The van der Waals surface area contributed by atoms with Crippen LogP contribution in [0.25, 0.3) is 16.2 Å². The summed E-state index contributed by atoms with van der Waals surface area (Å²) in [5.74, 6) is -0.840. The Bertz CT molecular complexity index is 1670. The van der Waals surface area contributed by atoms with E-state index in [9.17, 15) is 28.1 Å². The van der Waals surface area contributed by atoms with E-state index in [0.29, 0.717) is 14.3 Å². The van der Waals surface area contributed by atoms with Crippen LogP contribution in [-0.2, 0) is 6.18 Å². The van der Waals surface area contributed by atoms with E-state index in [4.69, 9.17) is 0 Å². The SMILES string of the molecule is Cc1ccc(Sc2cc(NC(=O)c3cc4nc(-c5cccs5)cc(C(F)(F)F)n4n3)cc([N+](=O)[O-])c2)cc1. The van der Waals surface area contributed by atoms with Crippen molar-refractivity contribution in [3.05, 3.63) is 99.2 Å². The molecule has 5 aromatic rings. The molecule has 0 unspecified atom stereocenters. The van der Waals surface area contributed by atoms with Crippen molar-refractivity contribution in [1.29, 1.82) is 0 Å². The van der Waals surface area contributed by atoms with Crippen LogP contribution >= 0.6 is 23.1 Å². The van der Waals surface area contributed by atoms with E-state index in [1.54, 1.807) is 23.6 Å². The van der Waals surface area contributed by atoms with Gasteiger partial charge in [0.1, 0.15) is 0 Å². The molecule has 0 saturated heterocycles. The predicted molar refractivity (Wildman–Crippen MR) is 138 cm³/mol. The summed E-state index contributed by atoms with van der Waals surface area (Å²) >= 11 is 2.49. The summed E-state index contributed by atoms with van der Waals surface area (Å²) in [7, 11) is 0. The molecule has 0 saturated carbocycles. The lowest BCUT2D eigenvalue weighted by Crippen LogP contribution is -2.15. The molecular formula is C25H16F3N5O3S2. The van der Waals surface area contributed by atoms with Crippen molar-refractivity contribution in [2.24, 2.45) is 0 Å². The molecule has 3 aromatic heterocycles. The molecule has 13 heteroatoms. The minimum Gasteiger partial charge on any atom is -0.320 e. The van der Waals surface area contributed by atoms with Crippen LogP contribution in [0.1, 0.15) is 21.7 Å². The van der Waals surface area contributed by atoms with E-state index in [0.717, 1.165) is 22.6 Å². The lowest BCUT2D eigenvalue weighted by atomic mass is 10.2. The van der Waals surface area contributed by atoms with Gasteiger partial charge in [0, 0.05) is 33.7 Å². The number of thiophene rings is 1. The molecule has 0 aliphatic carbocycles. The van der Waals surface area contributed by atoms with Gasteiger partial charge in [-0.05, 0) is 42.6 Å². The zero-order chi connectivity index (χ0) is 27.0. The molecule has 192 valence electrons. The molecule has 2 aromatic carbocycles. The lowest BCUT2D eigenvalue weighted by Gasteiger charge is -2.10. The third kappa shape index (κ3) is 5.38. The predicted octanol–water partition coefficient (Wildman–Crippen LogP) is 7.10. The molecule has 5 rings (SSSR count). The average Bonchev–Trinajstić information content (AvgIpc) is 3.54. The number of aromatic nitrogens is 3. The Hall–Kier alpha value is -4.23. The maximum absolute atomic E-state index is 13.8. The van der Waals surface area contributed by atoms with Crippen molar-refractivity contribution in [1.82, 2.24) is 14.6 Å². The van der Waals surface area contributed by atoms with Gasteiger partial charge in [-0.2, -0.15) is 18.3 Å². The Morgan fingerprint density at radius 1 is 1.08 bits per heavy atom. The molecule has 0 fully saturated rings. The van der Waals surface area contributed by atoms with Crippen molar-refractivity contribution < 1.29 is 22.9 Å². The molecule has 1 amide bonds. The van der Waals surface area contributed by atoms with Gasteiger partial charge in [0.25, 0.3) is 11.6 Å². The Kier molecular flexibility index (Phi) is 6.63. The third-order valence-corrected chi connectivity index (χ3v) is 7.21. The molecule has 8 nitrogen and oxygen atoms in total. The molecule has 3 heterocycles. The van der Waals surface area contributed by atoms with Crippen molar-refractivity contribution in [3.63, 3.8) is 0 Å². The zero-order valence-corrected chi connectivity index (χ0v) is 21.0. The van der Waals surface area contributed by atoms with Crippen molar-refractivity contribution in [3.8, 4) is 10.6 Å². The Balaban J connectivity index is 1.48. The monoisotopic (exact) mass is 555 g/mol. The van der Waals surface area contributed by atoms with Crippen LogP contribution in [0, 0.1) is 17.0 Å². The summed E-state index contributed by atoms with van der Waals surface area (Å²) in [6.07, 6.45) is -4.75. The Morgan fingerprint density at radius 2 is 1.84 bits per heavy atom. The smallest absolute Gasteiger partial charge is 0.320 e. The van der Waals surface area contributed by atoms with Gasteiger partial charge < -0.3 is 5.32 Å². The van der Waals surface area contributed by atoms with Gasteiger partial charge in [-0.1, -0.05) is 35.5 Å². The first-order valence-corrected chi connectivity index (χ1v) is 12.6. The number of aryl methyl sites for hydroxylation is 1. The summed E-state index contributed by atoms with van der Waals surface area (Å²) in [5, 5.41) is 19.6. The van der Waals surface area contributed by atoms with Gasteiger partial charge in [-0.25, -0.2) is 9.50 Å². The summed E-state index contributed by atoms with van der Waals surface area (Å²) in [6, 6.07) is 17.0. The highest BCUT2D eigenvalue weighted by Gasteiger charge is 2.35. The van der Waals surface area contributed by atoms with Crippen LogP contribution in [0.3, 0.4) is 0 Å². The molecule has 0 radical (unpaired) electrons. The fourth-order valence-electron chi connectivity index (χ4n) is 3.60. The van der Waals surface area contributed by atoms with E-state index >= 15 is 0 Å². The maximum Gasteiger partial charge on any atom is 0.433 e. The second-order valence-electron chi connectivity index (χ2n) is 8.14. The molecule has 1 N–H and O–H groups in total. The number of carbonyl (C=O) groups excluding carboxylic acids is 1. The average molecular weight is 556 g/mol. The topological polar surface area (TPSA) is 102 Å². The number of carbonyl (C=O) groups is 1. The number of amides is 1. The Labute approximate surface area is 221 Å². The summed E-state index contributed by atoms with van der Waals surface area (Å²) in [4.78, 5) is 30.0. The number of nitrogens with zero attached hydrogens (tertiary/aromatic N) is 4. The van der Waals surface area contributed by atoms with Crippen LogP contribution in [-0.4, -0.2) is 25.4 Å². The van der Waals surface area contributed by atoms with Gasteiger partial charge in [0.05, 0.1) is 15.5 Å². The number of alkyl halides is 3. The van der Waals surface area contributed by atoms with Gasteiger partial charge >= 0.3 is 6.18 Å². The van der Waals surface area contributed by atoms with Crippen molar-refractivity contribution >= 4 is 46.0 Å². The van der Waals surface area contributed by atoms with E-state index in [2.05, 4.69) is 15.4 Å². The van der Waals surface area contributed by atoms with Crippen LogP contribution < -0.4 is 5.32 Å². The fourth-order valence-corrected chi connectivity index (χ4v) is 5.19. The lowest BCUT2D eigenvalue weighted by molar-refractivity contribution is -0.385. The summed E-state index contributed by atoms with van der Waals surface area (Å²) in [5.41, 5.74) is -0.582. The van der Waals surface area contributed by atoms with Crippen LogP contribution in [0.15, 0.2) is 81.9 Å². The van der Waals surface area contributed by atoms with Crippen LogP contribution in [0.2, 0.25) is 0 Å². The standard InChI is InChI=1S/C25H16F3N5O3S2/c1-14-4-6-17(7-5-14)38-18-10-15(9-16(11-18)33(35)36)29-24(34)20-13-23-30-19(21-3-2-8-37-21)12-22(25(26,27)28)32(23)31-20/h2-13H,1H3,(H,29,34). The van der Waals surface area contributed by atoms with Crippen molar-refractivity contribution in [2.45, 2.75) is 22.9 Å². The maximum atomic E-state index is 13.8. The molecule has 0 bridgehead atoms. The molecule has 0 aliphatic rings. The van der Waals surface area contributed by atoms with Gasteiger partial charge in [0.15, 0.2) is 17.0 Å². The highest BCUT2D eigenvalue weighted by atomic mass is 32.2. The number of rotatable bonds is 6. The number of non-ortho nitro benzene ring substituents is 1. The van der Waals surface area contributed by atoms with Gasteiger partial charge in [-0.3, -0.25) is 14.9 Å². The second kappa shape index (κ2) is 9.91. The molecular weight excluding hydrogens is 539 g/mol. The number of hydrogen-bond donors (Lipinski definition) is 1. The highest BCUT2D eigenvalue weighted by molar-refractivity contribution is 7.99. The van der Waals surface area contributed by atoms with Crippen LogP contribution in [0.4, 0.5) is 24.5 Å². The number of anilines is 1. The van der Waals surface area contributed by atoms with E-state index in [1.807, 2.05) is 31.2 Å². The summed E-state index contributed by atoms with van der Waals surface area (Å²) < 4.78 is 42.0. The number of hydrogen-bond acceptors (Lipinski definition) is 7. The second-order valence-corrected chi connectivity index (χ2v) is 10.2. The first-order valence-electron chi connectivity index (χ1n) is 10.9.